The molecule has 0 bridgehead atoms. The number of piperazine rings is 1. The zero-order valence-corrected chi connectivity index (χ0v) is 16.9. The monoisotopic (exact) mass is 373 g/mol. The first-order valence-corrected chi connectivity index (χ1v) is 8.46. The van der Waals surface area contributed by atoms with E-state index in [2.05, 4.69) is 0 Å². The van der Waals surface area contributed by atoms with Crippen molar-refractivity contribution in [3.05, 3.63) is 0 Å². The summed E-state index contributed by atoms with van der Waals surface area (Å²) in [5.74, 6) is -0.597. The molecule has 1 fully saturated rings. The van der Waals surface area contributed by atoms with Gasteiger partial charge < -0.3 is 15.1 Å². The molecule has 2 N–H and O–H groups in total. The maximum Gasteiger partial charge on any atom is 0.408 e. The van der Waals surface area contributed by atoms with Crippen LogP contribution in [0.15, 0.2) is 0 Å². The highest BCUT2D eigenvalue weighted by atomic mass is 16.7. The third-order valence-corrected chi connectivity index (χ3v) is 5.02. The number of rotatable bonds is 2. The quantitative estimate of drug-likeness (QED) is 0.718. The lowest BCUT2D eigenvalue weighted by atomic mass is 9.59. The summed E-state index contributed by atoms with van der Waals surface area (Å²) in [6.07, 6.45) is -2.45. The molecule has 1 aliphatic heterocycles. The largest absolute Gasteiger partial charge is 0.465 e. The number of hydroxylamine groups is 2. The van der Waals surface area contributed by atoms with Gasteiger partial charge in [-0.15, -0.1) is 0 Å². The maximum absolute atomic E-state index is 13.5. The average Bonchev–Trinajstić information content (AvgIpc) is 2.49. The van der Waals surface area contributed by atoms with Crippen LogP contribution in [0, 0.1) is 10.8 Å². The molecule has 26 heavy (non-hydrogen) atoms. The van der Waals surface area contributed by atoms with E-state index in [4.69, 9.17) is 4.84 Å². The van der Waals surface area contributed by atoms with Crippen molar-refractivity contribution in [2.75, 3.05) is 27.2 Å². The number of carboxylic acid groups (broad SMARTS) is 2. The van der Waals surface area contributed by atoms with Crippen LogP contribution in [-0.4, -0.2) is 82.0 Å². The number of carbonyl (C=O) groups is 3. The summed E-state index contributed by atoms with van der Waals surface area (Å²) in [6.45, 7) is 10.5. The minimum Gasteiger partial charge on any atom is -0.465 e. The van der Waals surface area contributed by atoms with Crippen LogP contribution in [0.1, 0.15) is 41.5 Å². The molecule has 1 saturated heterocycles. The third kappa shape index (κ3) is 3.32. The summed E-state index contributed by atoms with van der Waals surface area (Å²) in [7, 11) is 2.71. The van der Waals surface area contributed by atoms with Crippen LogP contribution in [0.3, 0.4) is 0 Å². The Bertz CT molecular complexity index is 580. The molecule has 1 rings (SSSR count). The van der Waals surface area contributed by atoms with E-state index in [0.29, 0.717) is 0 Å². The Balaban J connectivity index is 3.94. The number of nitrogens with zero attached hydrogens (tertiary/aromatic N) is 3. The van der Waals surface area contributed by atoms with Crippen molar-refractivity contribution in [1.29, 1.82) is 0 Å². The van der Waals surface area contributed by atoms with Gasteiger partial charge in [0.25, 0.3) is 5.91 Å². The lowest BCUT2D eigenvalue weighted by Crippen LogP contribution is -2.81. The Hall–Kier alpha value is -2.03. The van der Waals surface area contributed by atoms with E-state index in [-0.39, 0.29) is 13.1 Å². The van der Waals surface area contributed by atoms with E-state index >= 15 is 0 Å². The van der Waals surface area contributed by atoms with Crippen molar-refractivity contribution >= 4 is 18.1 Å². The minimum atomic E-state index is -1.67. The normalized spacial score (nSPS) is 24.4. The van der Waals surface area contributed by atoms with Gasteiger partial charge in [0.2, 0.25) is 0 Å². The molecule has 0 aromatic rings. The van der Waals surface area contributed by atoms with Crippen molar-refractivity contribution in [3.63, 3.8) is 0 Å². The second kappa shape index (κ2) is 6.94. The van der Waals surface area contributed by atoms with E-state index in [1.807, 2.05) is 0 Å². The summed E-state index contributed by atoms with van der Waals surface area (Å²) in [4.78, 5) is 45.0. The Morgan fingerprint density at radius 2 is 1.54 bits per heavy atom. The molecular formula is C17H31N3O6. The fraction of sp³-hybridized carbons (Fsp3) is 0.824. The van der Waals surface area contributed by atoms with Crippen LogP contribution in [0.4, 0.5) is 9.59 Å². The third-order valence-electron chi connectivity index (χ3n) is 5.02. The van der Waals surface area contributed by atoms with Gasteiger partial charge in [-0.2, -0.15) is 0 Å². The number of likely N-dealkylation sites (N-methyl/N-ethyl adjacent to an activating group) is 1. The molecule has 0 aromatic heterocycles. The molecule has 9 nitrogen and oxygen atoms in total. The highest BCUT2D eigenvalue weighted by Gasteiger charge is 2.67. The summed E-state index contributed by atoms with van der Waals surface area (Å²) >= 11 is 0. The SMILES string of the molecule is CON(C)C(=O)[C@]1(C(C)(C)C)C(C(C)(C)C)N(C(=O)O)CCN1C(=O)O. The Kier molecular flexibility index (Phi) is 5.88. The molecule has 1 unspecified atom stereocenters. The van der Waals surface area contributed by atoms with Gasteiger partial charge in [-0.05, 0) is 10.8 Å². The predicted octanol–water partition coefficient (Wildman–Crippen LogP) is 2.18. The summed E-state index contributed by atoms with van der Waals surface area (Å²) in [5.41, 5.74) is -3.30. The minimum absolute atomic E-state index is 0.00856. The molecule has 0 aromatic carbocycles. The van der Waals surface area contributed by atoms with Crippen molar-refractivity contribution < 1.29 is 29.4 Å². The van der Waals surface area contributed by atoms with Crippen LogP contribution in [0.5, 0.6) is 0 Å². The molecule has 150 valence electrons. The predicted molar refractivity (Wildman–Crippen MR) is 94.7 cm³/mol. The molecule has 2 atom stereocenters. The lowest BCUT2D eigenvalue weighted by molar-refractivity contribution is -0.204. The van der Waals surface area contributed by atoms with E-state index in [1.54, 1.807) is 41.5 Å². The van der Waals surface area contributed by atoms with Crippen molar-refractivity contribution in [3.8, 4) is 0 Å². The van der Waals surface area contributed by atoms with Crippen LogP contribution >= 0.6 is 0 Å². The molecule has 0 radical (unpaired) electrons. The van der Waals surface area contributed by atoms with Gasteiger partial charge >= 0.3 is 12.2 Å². The summed E-state index contributed by atoms with van der Waals surface area (Å²) in [6, 6.07) is -0.914. The molecule has 1 aliphatic rings. The molecular weight excluding hydrogens is 342 g/mol. The van der Waals surface area contributed by atoms with Gasteiger partial charge in [-0.1, -0.05) is 41.5 Å². The number of hydrogen-bond acceptors (Lipinski definition) is 4. The van der Waals surface area contributed by atoms with Crippen LogP contribution < -0.4 is 0 Å². The van der Waals surface area contributed by atoms with Crippen molar-refractivity contribution in [1.82, 2.24) is 14.9 Å². The van der Waals surface area contributed by atoms with Crippen molar-refractivity contribution in [2.24, 2.45) is 10.8 Å². The van der Waals surface area contributed by atoms with E-state index < -0.39 is 40.5 Å². The van der Waals surface area contributed by atoms with E-state index in [1.165, 1.54) is 19.1 Å². The highest BCUT2D eigenvalue weighted by Crippen LogP contribution is 2.49. The second-order valence-corrected chi connectivity index (χ2v) is 8.68. The molecule has 1 heterocycles. The summed E-state index contributed by atoms with van der Waals surface area (Å²) in [5, 5.41) is 20.7. The van der Waals surface area contributed by atoms with Crippen LogP contribution in [0.25, 0.3) is 0 Å². The smallest absolute Gasteiger partial charge is 0.408 e. The molecule has 3 amide bonds. The molecule has 9 heteroatoms. The number of carbonyl (C=O) groups excluding carboxylic acids is 1. The van der Waals surface area contributed by atoms with Gasteiger partial charge in [0.05, 0.1) is 13.2 Å². The van der Waals surface area contributed by atoms with Crippen molar-refractivity contribution in [2.45, 2.75) is 53.1 Å². The number of amides is 3. The van der Waals surface area contributed by atoms with Gasteiger partial charge in [-0.25, -0.2) is 14.7 Å². The van der Waals surface area contributed by atoms with E-state index in [9.17, 15) is 24.6 Å². The highest BCUT2D eigenvalue weighted by molar-refractivity contribution is 5.92. The Labute approximate surface area is 154 Å². The molecule has 0 spiro atoms. The van der Waals surface area contributed by atoms with Gasteiger partial charge in [0, 0.05) is 20.1 Å². The number of hydrogen-bond donors (Lipinski definition) is 2. The van der Waals surface area contributed by atoms with Crippen LogP contribution in [-0.2, 0) is 9.63 Å². The fourth-order valence-corrected chi connectivity index (χ4v) is 4.12. The zero-order chi connectivity index (χ0) is 20.7. The van der Waals surface area contributed by atoms with Crippen LogP contribution in [0.2, 0.25) is 0 Å². The lowest BCUT2D eigenvalue weighted by Gasteiger charge is -2.62. The Morgan fingerprint density at radius 3 is 1.85 bits per heavy atom. The van der Waals surface area contributed by atoms with E-state index in [0.717, 1.165) is 9.96 Å². The molecule has 0 aliphatic carbocycles. The summed E-state index contributed by atoms with van der Waals surface area (Å²) < 4.78 is 0. The van der Waals surface area contributed by atoms with Gasteiger partial charge in [-0.3, -0.25) is 14.5 Å². The second-order valence-electron chi connectivity index (χ2n) is 8.68. The topological polar surface area (TPSA) is 111 Å². The first-order chi connectivity index (χ1) is 11.6. The standard InChI is InChI=1S/C17H31N3O6/c1-15(2,3)11-17(16(4,5)6,12(21)18(7)26-8)20(14(24)25)10-9-19(11)13(22)23/h11H,9-10H2,1-8H3,(H,22,23)(H,24,25)/t11?,17-/m0/s1. The Morgan fingerprint density at radius 1 is 1.04 bits per heavy atom. The first kappa shape index (κ1) is 22.0. The van der Waals surface area contributed by atoms with Gasteiger partial charge in [0.1, 0.15) is 0 Å². The fourth-order valence-electron chi connectivity index (χ4n) is 4.12. The average molecular weight is 373 g/mol. The van der Waals surface area contributed by atoms with Gasteiger partial charge in [0.15, 0.2) is 5.54 Å². The first-order valence-electron chi connectivity index (χ1n) is 8.46. The maximum atomic E-state index is 13.5. The molecule has 0 saturated carbocycles. The zero-order valence-electron chi connectivity index (χ0n) is 16.9.